The van der Waals surface area contributed by atoms with E-state index in [0.717, 1.165) is 24.8 Å². The van der Waals surface area contributed by atoms with Crippen molar-refractivity contribution in [1.29, 1.82) is 5.26 Å². The monoisotopic (exact) mass is 292 g/mol. The fourth-order valence-electron chi connectivity index (χ4n) is 2.86. The molecule has 1 saturated heterocycles. The first-order valence-corrected chi connectivity index (χ1v) is 8.40. The average Bonchev–Trinajstić information content (AvgIpc) is 2.39. The second kappa shape index (κ2) is 5.94. The second-order valence-corrected chi connectivity index (χ2v) is 7.29. The van der Waals surface area contributed by atoms with Gasteiger partial charge in [0.15, 0.2) is 0 Å². The molecule has 2 rings (SSSR count). The third-order valence-electron chi connectivity index (χ3n) is 3.89. The molecule has 4 nitrogen and oxygen atoms in total. The SMILES string of the molecule is C[C@@H]1CCC[C@H](C)N1S(=O)(=O)c1ccc(CC#N)cc1. The minimum absolute atomic E-state index is 0.0440. The molecule has 0 bridgehead atoms. The van der Waals surface area contributed by atoms with Crippen molar-refractivity contribution in [3.63, 3.8) is 0 Å². The number of sulfonamides is 1. The van der Waals surface area contributed by atoms with Gasteiger partial charge in [-0.25, -0.2) is 8.42 Å². The standard InChI is InChI=1S/C15H20N2O2S/c1-12-4-3-5-13(2)17(12)20(18,19)15-8-6-14(7-9-15)10-11-16/h6-9,12-13H,3-5,10H2,1-2H3/t12-,13+. The highest BCUT2D eigenvalue weighted by molar-refractivity contribution is 7.89. The molecule has 0 amide bonds. The molecule has 1 fully saturated rings. The number of benzene rings is 1. The predicted octanol–water partition coefficient (Wildman–Crippen LogP) is 2.70. The Kier molecular flexibility index (Phi) is 4.46. The Morgan fingerprint density at radius 3 is 2.25 bits per heavy atom. The highest BCUT2D eigenvalue weighted by Gasteiger charge is 2.35. The van der Waals surface area contributed by atoms with Gasteiger partial charge in [0.2, 0.25) is 10.0 Å². The normalized spacial score (nSPS) is 24.2. The molecule has 20 heavy (non-hydrogen) atoms. The zero-order valence-corrected chi connectivity index (χ0v) is 12.7. The molecule has 0 aromatic heterocycles. The molecule has 1 heterocycles. The molecular formula is C15H20N2O2S. The molecule has 2 atom stereocenters. The minimum Gasteiger partial charge on any atom is -0.207 e. The summed E-state index contributed by atoms with van der Waals surface area (Å²) in [5, 5.41) is 8.65. The van der Waals surface area contributed by atoms with Crippen LogP contribution in [0.25, 0.3) is 0 Å². The maximum absolute atomic E-state index is 12.7. The van der Waals surface area contributed by atoms with E-state index in [0.29, 0.717) is 11.3 Å². The van der Waals surface area contributed by atoms with Crippen LogP contribution in [0.1, 0.15) is 38.7 Å². The van der Waals surface area contributed by atoms with Crippen molar-refractivity contribution >= 4 is 10.0 Å². The number of rotatable bonds is 3. The van der Waals surface area contributed by atoms with Gasteiger partial charge < -0.3 is 0 Å². The van der Waals surface area contributed by atoms with Gasteiger partial charge in [0.1, 0.15) is 0 Å². The zero-order chi connectivity index (χ0) is 14.8. The van der Waals surface area contributed by atoms with Crippen molar-refractivity contribution in [2.24, 2.45) is 0 Å². The Morgan fingerprint density at radius 1 is 1.20 bits per heavy atom. The fourth-order valence-corrected chi connectivity index (χ4v) is 4.75. The van der Waals surface area contributed by atoms with Gasteiger partial charge in [0.25, 0.3) is 0 Å². The van der Waals surface area contributed by atoms with Crippen LogP contribution in [0, 0.1) is 11.3 Å². The topological polar surface area (TPSA) is 61.2 Å². The molecule has 108 valence electrons. The number of hydrogen-bond acceptors (Lipinski definition) is 3. The lowest BCUT2D eigenvalue weighted by molar-refractivity contribution is 0.204. The first-order valence-electron chi connectivity index (χ1n) is 6.96. The lowest BCUT2D eigenvalue weighted by Crippen LogP contribution is -2.47. The van der Waals surface area contributed by atoms with Gasteiger partial charge in [-0.3, -0.25) is 0 Å². The minimum atomic E-state index is -3.44. The molecule has 5 heteroatoms. The van der Waals surface area contributed by atoms with Crippen LogP contribution < -0.4 is 0 Å². The molecular weight excluding hydrogens is 272 g/mol. The van der Waals surface area contributed by atoms with Crippen molar-refractivity contribution in [1.82, 2.24) is 4.31 Å². The van der Waals surface area contributed by atoms with Gasteiger partial charge in [-0.1, -0.05) is 18.6 Å². The molecule has 0 N–H and O–H groups in total. The third-order valence-corrected chi connectivity index (χ3v) is 6.04. The number of hydrogen-bond donors (Lipinski definition) is 0. The maximum Gasteiger partial charge on any atom is 0.243 e. The van der Waals surface area contributed by atoms with Gasteiger partial charge in [-0.05, 0) is 44.4 Å². The molecule has 0 radical (unpaired) electrons. The van der Waals surface area contributed by atoms with Gasteiger partial charge in [-0.15, -0.1) is 0 Å². The first-order chi connectivity index (χ1) is 9.46. The summed E-state index contributed by atoms with van der Waals surface area (Å²) in [5.74, 6) is 0. The molecule has 1 aromatic rings. The van der Waals surface area contributed by atoms with Gasteiger partial charge in [-0.2, -0.15) is 9.57 Å². The van der Waals surface area contributed by atoms with Crippen LogP contribution in [0.3, 0.4) is 0 Å². The number of nitriles is 1. The predicted molar refractivity (Wildman–Crippen MR) is 77.6 cm³/mol. The Balaban J connectivity index is 2.32. The van der Waals surface area contributed by atoms with Crippen molar-refractivity contribution in [2.45, 2.75) is 56.5 Å². The first kappa shape index (κ1) is 15.0. The average molecular weight is 292 g/mol. The summed E-state index contributed by atoms with van der Waals surface area (Å²) >= 11 is 0. The van der Waals surface area contributed by atoms with E-state index in [1.807, 2.05) is 13.8 Å². The highest BCUT2D eigenvalue weighted by Crippen LogP contribution is 2.29. The Bertz CT molecular complexity index is 592. The van der Waals surface area contributed by atoms with Crippen LogP contribution in [-0.4, -0.2) is 24.8 Å². The molecule has 1 aromatic carbocycles. The molecule has 0 saturated carbocycles. The number of piperidine rings is 1. The van der Waals surface area contributed by atoms with E-state index < -0.39 is 10.0 Å². The summed E-state index contributed by atoms with van der Waals surface area (Å²) in [7, 11) is -3.44. The lowest BCUT2D eigenvalue weighted by Gasteiger charge is -2.37. The second-order valence-electron chi connectivity index (χ2n) is 5.44. The van der Waals surface area contributed by atoms with Crippen LogP contribution in [0.2, 0.25) is 0 Å². The molecule has 1 aliphatic rings. The lowest BCUT2D eigenvalue weighted by atomic mass is 10.0. The largest absolute Gasteiger partial charge is 0.243 e. The summed E-state index contributed by atoms with van der Waals surface area (Å²) in [5.41, 5.74) is 0.839. The summed E-state index contributed by atoms with van der Waals surface area (Å²) in [6.07, 6.45) is 3.21. The van der Waals surface area contributed by atoms with E-state index in [1.165, 1.54) is 0 Å². The van der Waals surface area contributed by atoms with Crippen LogP contribution >= 0.6 is 0 Å². The van der Waals surface area contributed by atoms with Gasteiger partial charge in [0.05, 0.1) is 17.4 Å². The Labute approximate surface area is 121 Å². The fraction of sp³-hybridized carbons (Fsp3) is 0.533. The Morgan fingerprint density at radius 2 is 1.75 bits per heavy atom. The van der Waals surface area contributed by atoms with E-state index in [9.17, 15) is 8.42 Å². The van der Waals surface area contributed by atoms with Gasteiger partial charge >= 0.3 is 0 Å². The molecule has 0 aliphatic carbocycles. The molecule has 0 unspecified atom stereocenters. The van der Waals surface area contributed by atoms with Crippen LogP contribution in [0.5, 0.6) is 0 Å². The van der Waals surface area contributed by atoms with E-state index in [-0.39, 0.29) is 12.1 Å². The summed E-state index contributed by atoms with van der Waals surface area (Å²) in [4.78, 5) is 0.319. The number of nitrogens with zero attached hydrogens (tertiary/aromatic N) is 2. The quantitative estimate of drug-likeness (QED) is 0.860. The molecule has 0 spiro atoms. The van der Waals surface area contributed by atoms with Gasteiger partial charge in [0, 0.05) is 12.1 Å². The Hall–Kier alpha value is -1.38. The summed E-state index contributed by atoms with van der Waals surface area (Å²) in [6, 6.07) is 8.80. The van der Waals surface area contributed by atoms with Crippen LogP contribution in [0.4, 0.5) is 0 Å². The smallest absolute Gasteiger partial charge is 0.207 e. The summed E-state index contributed by atoms with van der Waals surface area (Å²) in [6.45, 7) is 3.94. The van der Waals surface area contributed by atoms with E-state index in [1.54, 1.807) is 28.6 Å². The van der Waals surface area contributed by atoms with Crippen LogP contribution in [0.15, 0.2) is 29.2 Å². The summed E-state index contributed by atoms with van der Waals surface area (Å²) < 4.78 is 27.1. The van der Waals surface area contributed by atoms with Crippen molar-refractivity contribution in [3.8, 4) is 6.07 Å². The third kappa shape index (κ3) is 2.87. The highest BCUT2D eigenvalue weighted by atomic mass is 32.2. The zero-order valence-electron chi connectivity index (χ0n) is 11.9. The van der Waals surface area contributed by atoms with E-state index in [2.05, 4.69) is 6.07 Å². The van der Waals surface area contributed by atoms with Crippen molar-refractivity contribution < 1.29 is 8.42 Å². The van der Waals surface area contributed by atoms with Crippen LogP contribution in [-0.2, 0) is 16.4 Å². The van der Waals surface area contributed by atoms with Crippen molar-refractivity contribution in [2.75, 3.05) is 0 Å². The van der Waals surface area contributed by atoms with Crippen molar-refractivity contribution in [3.05, 3.63) is 29.8 Å². The maximum atomic E-state index is 12.7. The molecule has 1 aliphatic heterocycles. The van der Waals surface area contributed by atoms with E-state index >= 15 is 0 Å². The van der Waals surface area contributed by atoms with E-state index in [4.69, 9.17) is 5.26 Å².